The van der Waals surface area contributed by atoms with E-state index in [1.54, 1.807) is 55.5 Å². The van der Waals surface area contributed by atoms with Gasteiger partial charge in [0.25, 0.3) is 17.5 Å². The van der Waals surface area contributed by atoms with Gasteiger partial charge >= 0.3 is 0 Å². The van der Waals surface area contributed by atoms with E-state index < -0.39 is 16.7 Å². The van der Waals surface area contributed by atoms with Crippen LogP contribution < -0.4 is 19.9 Å². The number of halogens is 1. The lowest BCUT2D eigenvalue weighted by Crippen LogP contribution is -2.35. The zero-order chi connectivity index (χ0) is 24.9. The molecule has 1 aliphatic rings. The van der Waals surface area contributed by atoms with Gasteiger partial charge in [0.05, 0.1) is 22.2 Å². The summed E-state index contributed by atoms with van der Waals surface area (Å²) in [5, 5.41) is 12.4. The topological polar surface area (TPSA) is 111 Å². The minimum atomic E-state index is -0.543. The molecule has 0 aliphatic carbocycles. The highest BCUT2D eigenvalue weighted by Gasteiger charge is 2.34. The second kappa shape index (κ2) is 10.3. The van der Waals surface area contributed by atoms with E-state index in [1.807, 2.05) is 6.07 Å². The van der Waals surface area contributed by atoms with Gasteiger partial charge in [-0.15, -0.1) is 0 Å². The number of nitro groups is 1. The summed E-state index contributed by atoms with van der Waals surface area (Å²) in [7, 11) is 0. The molecule has 1 saturated heterocycles. The fraction of sp³-hybridized carbons (Fsp3) is 0.120. The Morgan fingerprint density at radius 1 is 1.06 bits per heavy atom. The van der Waals surface area contributed by atoms with Crippen molar-refractivity contribution in [1.82, 2.24) is 5.43 Å². The molecule has 1 fully saturated rings. The molecule has 2 amide bonds. The molecule has 0 unspecified atom stereocenters. The SMILES string of the molecule is CCOc1cc(C=C2C(=O)NN(c3ccccc3)C2=O)cc(Cl)c1OCc1cccc([N+](=O)[O-])c1. The van der Waals surface area contributed by atoms with Crippen LogP contribution in [0.4, 0.5) is 11.4 Å². The Morgan fingerprint density at radius 2 is 1.83 bits per heavy atom. The molecule has 1 heterocycles. The Labute approximate surface area is 205 Å². The zero-order valence-electron chi connectivity index (χ0n) is 18.6. The molecule has 1 aliphatic heterocycles. The molecular weight excluding hydrogens is 474 g/mol. The molecule has 0 spiro atoms. The highest BCUT2D eigenvalue weighted by molar-refractivity contribution is 6.33. The Bertz CT molecular complexity index is 1330. The van der Waals surface area contributed by atoms with Crippen LogP contribution in [-0.2, 0) is 16.2 Å². The fourth-order valence-corrected chi connectivity index (χ4v) is 3.75. The largest absolute Gasteiger partial charge is 0.490 e. The third-order valence-corrected chi connectivity index (χ3v) is 5.33. The smallest absolute Gasteiger partial charge is 0.282 e. The molecule has 35 heavy (non-hydrogen) atoms. The van der Waals surface area contributed by atoms with Crippen molar-refractivity contribution in [2.24, 2.45) is 0 Å². The fourth-order valence-electron chi connectivity index (χ4n) is 3.47. The molecule has 1 N–H and O–H groups in total. The van der Waals surface area contributed by atoms with Gasteiger partial charge in [0.15, 0.2) is 11.5 Å². The van der Waals surface area contributed by atoms with Crippen molar-refractivity contribution in [3.05, 3.63) is 98.6 Å². The summed E-state index contributed by atoms with van der Waals surface area (Å²) >= 11 is 6.46. The average molecular weight is 494 g/mol. The monoisotopic (exact) mass is 493 g/mol. The number of non-ortho nitro benzene ring substituents is 1. The number of carbonyl (C=O) groups is 2. The summed E-state index contributed by atoms with van der Waals surface area (Å²) in [5.74, 6) is -0.487. The lowest BCUT2D eigenvalue weighted by atomic mass is 10.1. The van der Waals surface area contributed by atoms with E-state index in [0.29, 0.717) is 29.2 Å². The number of ether oxygens (including phenoxy) is 2. The minimum Gasteiger partial charge on any atom is -0.490 e. The van der Waals surface area contributed by atoms with Crippen LogP contribution in [0.1, 0.15) is 18.1 Å². The first-order valence-electron chi connectivity index (χ1n) is 10.6. The predicted molar refractivity (Wildman–Crippen MR) is 130 cm³/mol. The number of anilines is 1. The number of nitrogens with one attached hydrogen (secondary N) is 1. The number of nitrogens with zero attached hydrogens (tertiary/aromatic N) is 2. The van der Waals surface area contributed by atoms with Crippen LogP contribution in [-0.4, -0.2) is 23.3 Å². The van der Waals surface area contributed by atoms with Crippen molar-refractivity contribution in [2.45, 2.75) is 13.5 Å². The molecule has 178 valence electrons. The molecule has 3 aromatic carbocycles. The van der Waals surface area contributed by atoms with Crippen molar-refractivity contribution in [3.63, 3.8) is 0 Å². The summed E-state index contributed by atoms with van der Waals surface area (Å²) in [6.45, 7) is 2.12. The number of benzene rings is 3. The molecule has 0 atom stereocenters. The van der Waals surface area contributed by atoms with Crippen molar-refractivity contribution in [3.8, 4) is 11.5 Å². The maximum absolute atomic E-state index is 12.9. The number of hydrogen-bond acceptors (Lipinski definition) is 6. The normalized spacial score (nSPS) is 14.2. The van der Waals surface area contributed by atoms with E-state index >= 15 is 0 Å². The molecule has 3 aromatic rings. The maximum atomic E-state index is 12.9. The first-order chi connectivity index (χ1) is 16.9. The number of nitro benzene ring substituents is 1. The van der Waals surface area contributed by atoms with Crippen LogP contribution in [0.25, 0.3) is 6.08 Å². The van der Waals surface area contributed by atoms with Gasteiger partial charge in [-0.25, -0.2) is 5.01 Å². The van der Waals surface area contributed by atoms with E-state index in [0.717, 1.165) is 0 Å². The van der Waals surface area contributed by atoms with Crippen LogP contribution in [0.2, 0.25) is 5.02 Å². The minimum absolute atomic E-state index is 0.0227. The number of amides is 2. The average Bonchev–Trinajstić information content (AvgIpc) is 3.13. The summed E-state index contributed by atoms with van der Waals surface area (Å²) in [6, 6.07) is 18.0. The number of para-hydroxylation sites is 1. The molecule has 0 bridgehead atoms. The highest BCUT2D eigenvalue weighted by Crippen LogP contribution is 2.38. The van der Waals surface area contributed by atoms with Crippen LogP contribution in [0.3, 0.4) is 0 Å². The summed E-state index contributed by atoms with van der Waals surface area (Å²) in [5.41, 5.74) is 4.02. The van der Waals surface area contributed by atoms with Gasteiger partial charge in [-0.1, -0.05) is 41.9 Å². The predicted octanol–water partition coefficient (Wildman–Crippen LogP) is 4.69. The lowest BCUT2D eigenvalue weighted by molar-refractivity contribution is -0.384. The summed E-state index contributed by atoms with van der Waals surface area (Å²) in [4.78, 5) is 35.9. The summed E-state index contributed by atoms with van der Waals surface area (Å²) < 4.78 is 11.5. The van der Waals surface area contributed by atoms with Gasteiger partial charge in [0.2, 0.25) is 0 Å². The van der Waals surface area contributed by atoms with E-state index in [-0.39, 0.29) is 28.6 Å². The van der Waals surface area contributed by atoms with Crippen molar-refractivity contribution >= 4 is 40.9 Å². The first-order valence-corrected chi connectivity index (χ1v) is 11.0. The van der Waals surface area contributed by atoms with Crippen molar-refractivity contribution in [2.75, 3.05) is 11.6 Å². The third kappa shape index (κ3) is 5.25. The molecule has 4 rings (SSSR count). The van der Waals surface area contributed by atoms with E-state index in [9.17, 15) is 19.7 Å². The third-order valence-electron chi connectivity index (χ3n) is 5.05. The van der Waals surface area contributed by atoms with Gasteiger partial charge in [-0.05, 0) is 48.4 Å². The Hall–Kier alpha value is -4.37. The number of hydrazine groups is 1. The molecule has 0 saturated carbocycles. The van der Waals surface area contributed by atoms with Gasteiger partial charge in [-0.2, -0.15) is 0 Å². The number of carbonyl (C=O) groups excluding carboxylic acids is 2. The Balaban J connectivity index is 1.60. The van der Waals surface area contributed by atoms with E-state index in [4.69, 9.17) is 21.1 Å². The molecule has 0 aromatic heterocycles. The van der Waals surface area contributed by atoms with E-state index in [1.165, 1.54) is 23.2 Å². The van der Waals surface area contributed by atoms with Gasteiger partial charge in [0.1, 0.15) is 12.2 Å². The van der Waals surface area contributed by atoms with Crippen LogP contribution >= 0.6 is 11.6 Å². The van der Waals surface area contributed by atoms with E-state index in [2.05, 4.69) is 5.43 Å². The standard InChI is InChI=1S/C25H20ClN3O6/c1-2-34-22-14-17(12-20-24(30)27-28(25(20)31)18-8-4-3-5-9-18)13-21(26)23(22)35-15-16-7-6-10-19(11-16)29(32)33/h3-14H,2,15H2,1H3,(H,27,30). The first kappa shape index (κ1) is 23.8. The van der Waals surface area contributed by atoms with Gasteiger partial charge in [-0.3, -0.25) is 25.1 Å². The molecule has 9 nitrogen and oxygen atoms in total. The highest BCUT2D eigenvalue weighted by atomic mass is 35.5. The number of rotatable bonds is 8. The Morgan fingerprint density at radius 3 is 2.54 bits per heavy atom. The maximum Gasteiger partial charge on any atom is 0.282 e. The second-order valence-corrected chi connectivity index (χ2v) is 7.86. The Kier molecular flexibility index (Phi) is 6.98. The molecule has 0 radical (unpaired) electrons. The van der Waals surface area contributed by atoms with Crippen LogP contribution in [0.5, 0.6) is 11.5 Å². The van der Waals surface area contributed by atoms with Crippen LogP contribution in [0.15, 0.2) is 72.3 Å². The quantitative estimate of drug-likeness (QED) is 0.211. The van der Waals surface area contributed by atoms with Gasteiger partial charge < -0.3 is 9.47 Å². The zero-order valence-corrected chi connectivity index (χ0v) is 19.3. The van der Waals surface area contributed by atoms with Crippen molar-refractivity contribution < 1.29 is 24.0 Å². The van der Waals surface area contributed by atoms with Crippen LogP contribution in [0, 0.1) is 10.1 Å². The number of hydrogen-bond donors (Lipinski definition) is 1. The van der Waals surface area contributed by atoms with Gasteiger partial charge in [0, 0.05) is 12.1 Å². The van der Waals surface area contributed by atoms with Crippen molar-refractivity contribution in [1.29, 1.82) is 0 Å². The second-order valence-electron chi connectivity index (χ2n) is 7.45. The molecular formula is C25H20ClN3O6. The summed E-state index contributed by atoms with van der Waals surface area (Å²) in [6.07, 6.45) is 1.43. The molecule has 10 heteroatoms. The lowest BCUT2D eigenvalue weighted by Gasteiger charge is -2.15.